The Bertz CT molecular complexity index is 1220. The van der Waals surface area contributed by atoms with Gasteiger partial charge in [-0.1, -0.05) is 30.3 Å². The van der Waals surface area contributed by atoms with Gasteiger partial charge in [0.1, 0.15) is 0 Å². The molecule has 0 aliphatic carbocycles. The average molecular weight is 395 g/mol. The normalized spacial score (nSPS) is 11.6. The van der Waals surface area contributed by atoms with Crippen LogP contribution in [-0.2, 0) is 9.84 Å². The molecular formula is C21H18N2O2S2. The molecule has 27 heavy (non-hydrogen) atoms. The van der Waals surface area contributed by atoms with Gasteiger partial charge in [-0.25, -0.2) is 13.1 Å². The van der Waals surface area contributed by atoms with Crippen LogP contribution in [0.4, 0.5) is 0 Å². The second-order valence-corrected chi connectivity index (χ2v) is 9.48. The Balaban J connectivity index is 1.76. The smallest absolute Gasteiger partial charge is 0.175 e. The average Bonchev–Trinajstić information content (AvgIpc) is 3.31. The minimum absolute atomic E-state index is 0.333. The van der Waals surface area contributed by atoms with Crippen molar-refractivity contribution in [3.8, 4) is 26.7 Å². The fourth-order valence-corrected chi connectivity index (χ4v) is 4.67. The molecule has 2 aromatic heterocycles. The molecular weight excluding hydrogens is 376 g/mol. The van der Waals surface area contributed by atoms with Crippen molar-refractivity contribution < 1.29 is 8.42 Å². The van der Waals surface area contributed by atoms with Crippen LogP contribution in [-0.4, -0.2) is 24.5 Å². The molecule has 2 aromatic carbocycles. The zero-order valence-corrected chi connectivity index (χ0v) is 16.6. The summed E-state index contributed by atoms with van der Waals surface area (Å²) in [7, 11) is -3.23. The van der Waals surface area contributed by atoms with Gasteiger partial charge in [-0.3, -0.25) is 0 Å². The van der Waals surface area contributed by atoms with E-state index in [1.807, 2.05) is 35.0 Å². The lowest BCUT2D eigenvalue weighted by Gasteiger charge is -2.09. The van der Waals surface area contributed by atoms with E-state index in [1.54, 1.807) is 35.7 Å². The first-order valence-corrected chi connectivity index (χ1v) is 11.1. The van der Waals surface area contributed by atoms with Crippen LogP contribution in [0.25, 0.3) is 26.7 Å². The Hall–Kier alpha value is -2.70. The van der Waals surface area contributed by atoms with Crippen molar-refractivity contribution in [2.24, 2.45) is 0 Å². The van der Waals surface area contributed by atoms with Crippen LogP contribution in [0.5, 0.6) is 0 Å². The number of thiophene rings is 1. The van der Waals surface area contributed by atoms with Crippen LogP contribution in [0.3, 0.4) is 0 Å². The standard InChI is InChI=1S/C21H18N2O2S2/c1-15-6-3-4-9-18(15)23-19(12-13-22-23)21-11-10-20(26-21)16-7-5-8-17(14-16)27(2,24)25/h3-14H,1-2H3. The first-order valence-electron chi connectivity index (χ1n) is 8.44. The maximum Gasteiger partial charge on any atom is 0.175 e. The van der Waals surface area contributed by atoms with Gasteiger partial charge in [-0.2, -0.15) is 5.10 Å². The molecule has 2 heterocycles. The molecule has 4 nitrogen and oxygen atoms in total. The number of hydrogen-bond donors (Lipinski definition) is 0. The highest BCUT2D eigenvalue weighted by molar-refractivity contribution is 7.90. The third-order valence-electron chi connectivity index (χ3n) is 4.39. The van der Waals surface area contributed by atoms with E-state index in [9.17, 15) is 8.42 Å². The first kappa shape index (κ1) is 17.7. The van der Waals surface area contributed by atoms with Gasteiger partial charge in [0, 0.05) is 11.1 Å². The van der Waals surface area contributed by atoms with Gasteiger partial charge in [0.05, 0.1) is 27.4 Å². The van der Waals surface area contributed by atoms with E-state index in [0.717, 1.165) is 32.3 Å². The van der Waals surface area contributed by atoms with Crippen molar-refractivity contribution in [1.29, 1.82) is 0 Å². The van der Waals surface area contributed by atoms with Crippen LogP contribution in [0, 0.1) is 6.92 Å². The second kappa shape index (κ2) is 6.79. The van der Waals surface area contributed by atoms with Crippen LogP contribution in [0.2, 0.25) is 0 Å². The largest absolute Gasteiger partial charge is 0.232 e. The topological polar surface area (TPSA) is 52.0 Å². The Morgan fingerprint density at radius 1 is 0.926 bits per heavy atom. The molecule has 6 heteroatoms. The molecule has 0 saturated carbocycles. The van der Waals surface area contributed by atoms with Crippen LogP contribution >= 0.6 is 11.3 Å². The SMILES string of the molecule is Cc1ccccc1-n1nccc1-c1ccc(-c2cccc(S(C)(=O)=O)c2)s1. The number of rotatable bonds is 4. The minimum atomic E-state index is -3.23. The molecule has 0 saturated heterocycles. The molecule has 0 unspecified atom stereocenters. The van der Waals surface area contributed by atoms with Crippen molar-refractivity contribution in [3.05, 3.63) is 78.5 Å². The molecule has 0 fully saturated rings. The summed E-state index contributed by atoms with van der Waals surface area (Å²) < 4.78 is 25.6. The Morgan fingerprint density at radius 2 is 1.70 bits per heavy atom. The van der Waals surface area contributed by atoms with Gasteiger partial charge >= 0.3 is 0 Å². The maximum atomic E-state index is 11.8. The Morgan fingerprint density at radius 3 is 2.48 bits per heavy atom. The summed E-state index contributed by atoms with van der Waals surface area (Å²) >= 11 is 1.62. The summed E-state index contributed by atoms with van der Waals surface area (Å²) in [4.78, 5) is 2.43. The number of hydrogen-bond acceptors (Lipinski definition) is 4. The second-order valence-electron chi connectivity index (χ2n) is 6.38. The summed E-state index contributed by atoms with van der Waals surface area (Å²) in [5.74, 6) is 0. The molecule has 0 radical (unpaired) electrons. The van der Waals surface area contributed by atoms with E-state index >= 15 is 0 Å². The monoisotopic (exact) mass is 394 g/mol. The summed E-state index contributed by atoms with van der Waals surface area (Å²) in [6.45, 7) is 2.07. The lowest BCUT2D eigenvalue weighted by molar-refractivity contribution is 0.602. The van der Waals surface area contributed by atoms with Crippen molar-refractivity contribution in [1.82, 2.24) is 9.78 Å². The van der Waals surface area contributed by atoms with Crippen LogP contribution in [0.1, 0.15) is 5.56 Å². The van der Waals surface area contributed by atoms with E-state index in [4.69, 9.17) is 0 Å². The molecule has 0 bridgehead atoms. The predicted octanol–water partition coefficient (Wildman–Crippen LogP) is 4.98. The van der Waals surface area contributed by atoms with Crippen molar-refractivity contribution in [2.75, 3.05) is 6.26 Å². The van der Waals surface area contributed by atoms with Crippen molar-refractivity contribution in [2.45, 2.75) is 11.8 Å². The molecule has 4 rings (SSSR count). The summed E-state index contributed by atoms with van der Waals surface area (Å²) in [5, 5.41) is 4.50. The zero-order valence-electron chi connectivity index (χ0n) is 15.0. The van der Waals surface area contributed by atoms with Gasteiger partial charge < -0.3 is 0 Å². The van der Waals surface area contributed by atoms with E-state index in [1.165, 1.54) is 6.26 Å². The Labute approximate surface area is 162 Å². The molecule has 0 spiro atoms. The van der Waals surface area contributed by atoms with Crippen molar-refractivity contribution in [3.63, 3.8) is 0 Å². The highest BCUT2D eigenvalue weighted by Crippen LogP contribution is 2.36. The molecule has 0 atom stereocenters. The Kier molecular flexibility index (Phi) is 4.45. The molecule has 0 aliphatic heterocycles. The predicted molar refractivity (Wildman–Crippen MR) is 110 cm³/mol. The van der Waals surface area contributed by atoms with Gasteiger partial charge in [-0.15, -0.1) is 11.3 Å². The third-order valence-corrected chi connectivity index (χ3v) is 6.66. The van der Waals surface area contributed by atoms with Crippen LogP contribution in [0.15, 0.2) is 77.8 Å². The molecule has 136 valence electrons. The van der Waals surface area contributed by atoms with Crippen molar-refractivity contribution >= 4 is 21.2 Å². The number of aryl methyl sites for hydroxylation is 1. The molecule has 4 aromatic rings. The van der Waals surface area contributed by atoms with E-state index in [2.05, 4.69) is 30.2 Å². The summed E-state index contributed by atoms with van der Waals surface area (Å²) in [5.41, 5.74) is 4.11. The zero-order chi connectivity index (χ0) is 19.0. The maximum absolute atomic E-state index is 11.8. The minimum Gasteiger partial charge on any atom is -0.232 e. The van der Waals surface area contributed by atoms with Gasteiger partial charge in [-0.05, 0) is 54.4 Å². The molecule has 0 amide bonds. The lowest BCUT2D eigenvalue weighted by Crippen LogP contribution is -2.00. The summed E-state index contributed by atoms with van der Waals surface area (Å²) in [6.07, 6.45) is 3.03. The number of sulfone groups is 1. The lowest BCUT2D eigenvalue weighted by atomic mass is 10.2. The number of benzene rings is 2. The fraction of sp³-hybridized carbons (Fsp3) is 0.0952. The number of para-hydroxylation sites is 1. The third kappa shape index (κ3) is 3.46. The van der Waals surface area contributed by atoms with E-state index < -0.39 is 9.84 Å². The highest BCUT2D eigenvalue weighted by Gasteiger charge is 2.13. The van der Waals surface area contributed by atoms with Crippen LogP contribution < -0.4 is 0 Å². The molecule has 0 aliphatic rings. The first-order chi connectivity index (χ1) is 12.9. The van der Waals surface area contributed by atoms with Gasteiger partial charge in [0.15, 0.2) is 9.84 Å². The highest BCUT2D eigenvalue weighted by atomic mass is 32.2. The fourth-order valence-electron chi connectivity index (χ4n) is 2.99. The number of aromatic nitrogens is 2. The van der Waals surface area contributed by atoms with Gasteiger partial charge in [0.2, 0.25) is 0 Å². The van der Waals surface area contributed by atoms with Gasteiger partial charge in [0.25, 0.3) is 0 Å². The van der Waals surface area contributed by atoms with E-state index in [0.29, 0.717) is 4.90 Å². The summed E-state index contributed by atoms with van der Waals surface area (Å²) in [6, 6.07) is 21.3. The van der Waals surface area contributed by atoms with E-state index in [-0.39, 0.29) is 0 Å². The molecule has 0 N–H and O–H groups in total. The quantitative estimate of drug-likeness (QED) is 0.490. The number of nitrogens with zero attached hydrogens (tertiary/aromatic N) is 2.